The third kappa shape index (κ3) is 4.22. The van der Waals surface area contributed by atoms with E-state index in [4.69, 9.17) is 21.1 Å². The molecule has 3 aromatic rings. The Balaban J connectivity index is 1.43. The first-order chi connectivity index (χ1) is 14.6. The minimum atomic E-state index is -0.169. The van der Waals surface area contributed by atoms with Crippen LogP contribution in [0.25, 0.3) is 10.6 Å². The second-order valence-corrected chi connectivity index (χ2v) is 8.25. The Kier molecular flexibility index (Phi) is 6.11. The summed E-state index contributed by atoms with van der Waals surface area (Å²) in [7, 11) is 3.27. The zero-order valence-corrected chi connectivity index (χ0v) is 18.3. The Morgan fingerprint density at radius 2 is 2.00 bits per heavy atom. The maximum absolute atomic E-state index is 12.8. The van der Waals surface area contributed by atoms with E-state index in [1.54, 1.807) is 25.7 Å². The van der Waals surface area contributed by atoms with E-state index < -0.39 is 0 Å². The van der Waals surface area contributed by atoms with Crippen LogP contribution in [-0.2, 0) is 0 Å². The molecule has 0 aliphatic carbocycles. The number of nitrogens with zero attached hydrogens (tertiary/aromatic N) is 2. The highest BCUT2D eigenvalue weighted by atomic mass is 35.5. The molecule has 30 heavy (non-hydrogen) atoms. The van der Waals surface area contributed by atoms with E-state index in [1.165, 1.54) is 11.3 Å². The van der Waals surface area contributed by atoms with Gasteiger partial charge in [-0.05, 0) is 36.8 Å². The number of thiazole rings is 1. The van der Waals surface area contributed by atoms with Crippen molar-refractivity contribution >= 4 is 34.5 Å². The number of carbonyl (C=O) groups excluding carboxylic acids is 1. The van der Waals surface area contributed by atoms with Crippen molar-refractivity contribution in [1.82, 2.24) is 10.3 Å². The number of anilines is 1. The van der Waals surface area contributed by atoms with Gasteiger partial charge < -0.3 is 19.7 Å². The number of carbonyl (C=O) groups is 1. The minimum absolute atomic E-state index is 0.0256. The number of aromatic nitrogens is 1. The average Bonchev–Trinajstić information content (AvgIpc) is 3.43. The first-order valence-corrected chi connectivity index (χ1v) is 10.8. The van der Waals surface area contributed by atoms with E-state index in [1.807, 2.05) is 36.4 Å². The van der Waals surface area contributed by atoms with Gasteiger partial charge in [-0.25, -0.2) is 4.98 Å². The lowest BCUT2D eigenvalue weighted by molar-refractivity contribution is 0.0936. The molecule has 1 amide bonds. The van der Waals surface area contributed by atoms with Gasteiger partial charge in [0.2, 0.25) is 0 Å². The van der Waals surface area contributed by atoms with Crippen LogP contribution < -0.4 is 19.7 Å². The molecule has 0 saturated carbocycles. The molecule has 1 saturated heterocycles. The number of nitrogens with one attached hydrogen (secondary N) is 1. The number of hydrogen-bond donors (Lipinski definition) is 1. The van der Waals surface area contributed by atoms with Crippen LogP contribution in [0.2, 0.25) is 5.02 Å². The summed E-state index contributed by atoms with van der Waals surface area (Å²) in [5.41, 5.74) is 2.23. The Morgan fingerprint density at radius 1 is 1.20 bits per heavy atom. The fourth-order valence-electron chi connectivity index (χ4n) is 3.59. The van der Waals surface area contributed by atoms with E-state index in [2.05, 4.69) is 15.2 Å². The zero-order valence-electron chi connectivity index (χ0n) is 16.7. The fraction of sp³-hybridized carbons (Fsp3) is 0.273. The number of rotatable bonds is 6. The highest BCUT2D eigenvalue weighted by Crippen LogP contribution is 2.34. The van der Waals surface area contributed by atoms with Crippen LogP contribution in [0.3, 0.4) is 0 Å². The van der Waals surface area contributed by atoms with Gasteiger partial charge >= 0.3 is 0 Å². The fourth-order valence-corrected chi connectivity index (χ4v) is 4.59. The van der Waals surface area contributed by atoms with Crippen LogP contribution in [0, 0.1) is 0 Å². The number of methoxy groups -OCH3 is 2. The van der Waals surface area contributed by atoms with Gasteiger partial charge in [0, 0.05) is 29.5 Å². The van der Waals surface area contributed by atoms with E-state index in [0.717, 1.165) is 40.7 Å². The van der Waals surface area contributed by atoms with E-state index in [0.29, 0.717) is 17.3 Å². The molecule has 6 nitrogen and oxygen atoms in total. The summed E-state index contributed by atoms with van der Waals surface area (Å²) in [6.45, 7) is 1.50. The molecular weight excluding hydrogens is 422 g/mol. The molecule has 1 unspecified atom stereocenters. The topological polar surface area (TPSA) is 63.7 Å². The van der Waals surface area contributed by atoms with Gasteiger partial charge in [0.15, 0.2) is 0 Å². The van der Waals surface area contributed by atoms with Crippen molar-refractivity contribution in [3.05, 3.63) is 58.6 Å². The quantitative estimate of drug-likeness (QED) is 0.608. The summed E-state index contributed by atoms with van der Waals surface area (Å²) in [6, 6.07) is 13.2. The number of benzene rings is 2. The highest BCUT2D eigenvalue weighted by molar-refractivity contribution is 7.13. The molecule has 1 aliphatic heterocycles. The molecule has 4 rings (SSSR count). The van der Waals surface area contributed by atoms with Crippen molar-refractivity contribution in [2.24, 2.45) is 0 Å². The van der Waals surface area contributed by atoms with Crippen molar-refractivity contribution in [2.75, 3.05) is 32.2 Å². The van der Waals surface area contributed by atoms with Gasteiger partial charge in [-0.1, -0.05) is 23.7 Å². The molecule has 1 fully saturated rings. The van der Waals surface area contributed by atoms with Crippen molar-refractivity contribution in [2.45, 2.75) is 12.5 Å². The molecular formula is C22H22ClN3O3S. The van der Waals surface area contributed by atoms with Crippen LogP contribution in [-0.4, -0.2) is 44.2 Å². The first-order valence-electron chi connectivity index (χ1n) is 9.57. The van der Waals surface area contributed by atoms with E-state index >= 15 is 0 Å². The van der Waals surface area contributed by atoms with E-state index in [-0.39, 0.29) is 11.9 Å². The second kappa shape index (κ2) is 8.93. The van der Waals surface area contributed by atoms with Gasteiger partial charge in [0.1, 0.15) is 22.2 Å². The monoisotopic (exact) mass is 443 g/mol. The molecule has 0 radical (unpaired) electrons. The lowest BCUT2D eigenvalue weighted by Gasteiger charge is -2.21. The van der Waals surface area contributed by atoms with Crippen LogP contribution in [0.15, 0.2) is 47.8 Å². The molecule has 0 bridgehead atoms. The molecule has 1 aromatic heterocycles. The third-order valence-electron chi connectivity index (χ3n) is 5.08. The standard InChI is InChI=1S/C22H22ClN3O3S/c1-28-19-6-4-3-5-16(19)22-25-17(13-30-22)21(27)24-15-9-10-26(12-15)18-11-14(23)7-8-20(18)29-2/h3-8,11,13,15H,9-10,12H2,1-2H3,(H,24,27). The normalized spacial score (nSPS) is 15.8. The van der Waals surface area contributed by atoms with Gasteiger partial charge in [-0.15, -0.1) is 11.3 Å². The Hall–Kier alpha value is -2.77. The molecule has 1 aliphatic rings. The van der Waals surface area contributed by atoms with Crippen LogP contribution >= 0.6 is 22.9 Å². The average molecular weight is 444 g/mol. The van der Waals surface area contributed by atoms with Gasteiger partial charge in [0.25, 0.3) is 5.91 Å². The second-order valence-electron chi connectivity index (χ2n) is 6.96. The summed E-state index contributed by atoms with van der Waals surface area (Å²) in [6.07, 6.45) is 0.838. The lowest BCUT2D eigenvalue weighted by atomic mass is 10.2. The summed E-state index contributed by atoms with van der Waals surface area (Å²) in [5, 5.41) is 6.30. The zero-order chi connectivity index (χ0) is 21.1. The van der Waals surface area contributed by atoms with Crippen molar-refractivity contribution in [3.63, 3.8) is 0 Å². The Bertz CT molecular complexity index is 1060. The summed E-state index contributed by atoms with van der Waals surface area (Å²) in [5.74, 6) is 1.34. The van der Waals surface area contributed by atoms with Crippen LogP contribution in [0.5, 0.6) is 11.5 Å². The number of para-hydroxylation sites is 1. The number of hydrogen-bond acceptors (Lipinski definition) is 6. The number of amides is 1. The van der Waals surface area contributed by atoms with Crippen LogP contribution in [0.1, 0.15) is 16.9 Å². The number of halogens is 1. The molecule has 0 spiro atoms. The maximum atomic E-state index is 12.8. The highest BCUT2D eigenvalue weighted by Gasteiger charge is 2.27. The molecule has 2 heterocycles. The van der Waals surface area contributed by atoms with Crippen molar-refractivity contribution in [1.29, 1.82) is 0 Å². The maximum Gasteiger partial charge on any atom is 0.271 e. The lowest BCUT2D eigenvalue weighted by Crippen LogP contribution is -2.37. The van der Waals surface area contributed by atoms with E-state index in [9.17, 15) is 4.79 Å². The number of ether oxygens (including phenoxy) is 2. The smallest absolute Gasteiger partial charge is 0.271 e. The summed E-state index contributed by atoms with van der Waals surface area (Å²) < 4.78 is 10.9. The largest absolute Gasteiger partial charge is 0.496 e. The van der Waals surface area contributed by atoms with Crippen molar-refractivity contribution in [3.8, 4) is 22.1 Å². The predicted molar refractivity (Wildman–Crippen MR) is 120 cm³/mol. The minimum Gasteiger partial charge on any atom is -0.496 e. The van der Waals surface area contributed by atoms with Gasteiger partial charge in [-0.2, -0.15) is 0 Å². The predicted octanol–water partition coefficient (Wildman–Crippen LogP) is 4.49. The molecule has 2 aromatic carbocycles. The Morgan fingerprint density at radius 3 is 2.80 bits per heavy atom. The molecule has 8 heteroatoms. The third-order valence-corrected chi connectivity index (χ3v) is 6.19. The Labute approximate surface area is 184 Å². The molecule has 1 atom stereocenters. The summed E-state index contributed by atoms with van der Waals surface area (Å²) >= 11 is 7.59. The first kappa shape index (κ1) is 20.5. The van der Waals surface area contributed by atoms with Crippen LogP contribution in [0.4, 0.5) is 5.69 Å². The molecule has 1 N–H and O–H groups in total. The van der Waals surface area contributed by atoms with Gasteiger partial charge in [-0.3, -0.25) is 4.79 Å². The van der Waals surface area contributed by atoms with Crippen molar-refractivity contribution < 1.29 is 14.3 Å². The molecule has 156 valence electrons. The SMILES string of the molecule is COc1ccccc1-c1nc(C(=O)NC2CCN(c3cc(Cl)ccc3OC)C2)cs1. The van der Waals surface area contributed by atoms with Gasteiger partial charge in [0.05, 0.1) is 25.5 Å². The summed E-state index contributed by atoms with van der Waals surface area (Å²) in [4.78, 5) is 19.5.